The number of rotatable bonds is 3. The summed E-state index contributed by atoms with van der Waals surface area (Å²) in [5.74, 6) is -0.183. The maximum atomic E-state index is 11.5. The third-order valence-electron chi connectivity index (χ3n) is 4.80. The zero-order valence-electron chi connectivity index (χ0n) is 12.3. The molecule has 1 heterocycles. The minimum atomic E-state index is -0.620. The van der Waals surface area contributed by atoms with E-state index in [1.54, 1.807) is 0 Å². The molecular weight excluding hydrogens is 242 g/mol. The van der Waals surface area contributed by atoms with Crippen LogP contribution >= 0.6 is 0 Å². The van der Waals surface area contributed by atoms with Crippen molar-refractivity contribution in [2.45, 2.75) is 64.6 Å². The van der Waals surface area contributed by atoms with E-state index in [1.807, 2.05) is 0 Å². The van der Waals surface area contributed by atoms with Gasteiger partial charge in [0.15, 0.2) is 0 Å². The Morgan fingerprint density at radius 3 is 2.74 bits per heavy atom. The van der Waals surface area contributed by atoms with Crippen molar-refractivity contribution in [3.63, 3.8) is 0 Å². The van der Waals surface area contributed by atoms with Gasteiger partial charge in [-0.2, -0.15) is 0 Å². The molecule has 4 heteroatoms. The average molecular weight is 269 g/mol. The fraction of sp³-hybridized carbons (Fsp3) is 0.933. The standard InChI is InChI=1S/C15H27NO3/c1-4-12-9-19-11(3)8-16(12)14-7-10(2)5-6-13(14)15(17)18/h10-14H,4-9H2,1-3H3,(H,17,18). The van der Waals surface area contributed by atoms with Crippen LogP contribution in [0.2, 0.25) is 0 Å². The third kappa shape index (κ3) is 3.29. The molecule has 2 fully saturated rings. The summed E-state index contributed by atoms with van der Waals surface area (Å²) >= 11 is 0. The zero-order chi connectivity index (χ0) is 14.0. The maximum Gasteiger partial charge on any atom is 0.308 e. The molecule has 0 spiro atoms. The number of aliphatic carboxylic acids is 1. The highest BCUT2D eigenvalue weighted by atomic mass is 16.5. The van der Waals surface area contributed by atoms with Gasteiger partial charge in [0.25, 0.3) is 0 Å². The van der Waals surface area contributed by atoms with E-state index in [1.165, 1.54) is 0 Å². The Bertz CT molecular complexity index is 321. The molecule has 110 valence electrons. The molecule has 5 unspecified atom stereocenters. The number of carboxylic acid groups (broad SMARTS) is 1. The van der Waals surface area contributed by atoms with Crippen molar-refractivity contribution in [1.29, 1.82) is 0 Å². The largest absolute Gasteiger partial charge is 0.481 e. The molecule has 19 heavy (non-hydrogen) atoms. The molecule has 1 aliphatic carbocycles. The van der Waals surface area contributed by atoms with Gasteiger partial charge < -0.3 is 9.84 Å². The van der Waals surface area contributed by atoms with Crippen LogP contribution in [-0.4, -0.2) is 47.3 Å². The Labute approximate surface area is 116 Å². The van der Waals surface area contributed by atoms with E-state index in [-0.39, 0.29) is 18.1 Å². The average Bonchev–Trinajstić information content (AvgIpc) is 2.38. The van der Waals surface area contributed by atoms with Crippen LogP contribution in [0, 0.1) is 11.8 Å². The Kier molecular flexibility index (Phi) is 4.85. The summed E-state index contributed by atoms with van der Waals surface area (Å²) in [5.41, 5.74) is 0. The quantitative estimate of drug-likeness (QED) is 0.854. The molecule has 0 aromatic heterocycles. The van der Waals surface area contributed by atoms with Crippen LogP contribution in [0.3, 0.4) is 0 Å². The molecule has 0 radical (unpaired) electrons. The lowest BCUT2D eigenvalue weighted by Crippen LogP contribution is -2.57. The SMILES string of the molecule is CCC1COC(C)CN1C1CC(C)CCC1C(=O)O. The minimum absolute atomic E-state index is 0.192. The van der Waals surface area contributed by atoms with E-state index < -0.39 is 5.97 Å². The summed E-state index contributed by atoms with van der Waals surface area (Å²) in [5, 5.41) is 9.49. The molecule has 1 aliphatic heterocycles. The van der Waals surface area contributed by atoms with Gasteiger partial charge in [-0.05, 0) is 38.5 Å². The number of hydrogen-bond donors (Lipinski definition) is 1. The highest BCUT2D eigenvalue weighted by Gasteiger charge is 2.41. The Hall–Kier alpha value is -0.610. The smallest absolute Gasteiger partial charge is 0.308 e. The number of carbonyl (C=O) groups is 1. The Balaban J connectivity index is 2.15. The number of nitrogens with zero attached hydrogens (tertiary/aromatic N) is 1. The predicted octanol–water partition coefficient (Wildman–Crippen LogP) is 2.38. The van der Waals surface area contributed by atoms with Crippen LogP contribution in [-0.2, 0) is 9.53 Å². The van der Waals surface area contributed by atoms with Gasteiger partial charge >= 0.3 is 5.97 Å². The normalized spacial score (nSPS) is 41.1. The second-order valence-corrected chi connectivity index (χ2v) is 6.33. The lowest BCUT2D eigenvalue weighted by atomic mass is 9.77. The predicted molar refractivity (Wildman–Crippen MR) is 74.1 cm³/mol. The minimum Gasteiger partial charge on any atom is -0.481 e. The lowest BCUT2D eigenvalue weighted by Gasteiger charge is -2.47. The highest BCUT2D eigenvalue weighted by Crippen LogP contribution is 2.35. The van der Waals surface area contributed by atoms with E-state index >= 15 is 0 Å². The van der Waals surface area contributed by atoms with Crippen LogP contribution in [0.15, 0.2) is 0 Å². The number of hydrogen-bond acceptors (Lipinski definition) is 3. The summed E-state index contributed by atoms with van der Waals surface area (Å²) < 4.78 is 5.74. The van der Waals surface area contributed by atoms with Crippen molar-refractivity contribution < 1.29 is 14.6 Å². The summed E-state index contributed by atoms with van der Waals surface area (Å²) in [6.07, 6.45) is 4.13. The van der Waals surface area contributed by atoms with Gasteiger partial charge in [0.1, 0.15) is 0 Å². The molecular formula is C15H27NO3. The first-order chi connectivity index (χ1) is 9.02. The number of ether oxygens (including phenoxy) is 1. The van der Waals surface area contributed by atoms with Crippen LogP contribution in [0.1, 0.15) is 46.5 Å². The van der Waals surface area contributed by atoms with E-state index in [4.69, 9.17) is 4.74 Å². The van der Waals surface area contributed by atoms with Gasteiger partial charge in [-0.25, -0.2) is 0 Å². The molecule has 2 rings (SSSR count). The van der Waals surface area contributed by atoms with Crippen LogP contribution in [0.25, 0.3) is 0 Å². The van der Waals surface area contributed by atoms with Crippen molar-refractivity contribution in [1.82, 2.24) is 4.90 Å². The molecule has 0 aromatic rings. The van der Waals surface area contributed by atoms with Gasteiger partial charge in [-0.15, -0.1) is 0 Å². The third-order valence-corrected chi connectivity index (χ3v) is 4.80. The maximum absolute atomic E-state index is 11.5. The van der Waals surface area contributed by atoms with Gasteiger partial charge in [-0.3, -0.25) is 9.69 Å². The summed E-state index contributed by atoms with van der Waals surface area (Å²) in [4.78, 5) is 14.0. The summed E-state index contributed by atoms with van der Waals surface area (Å²) in [6.45, 7) is 8.12. The van der Waals surface area contributed by atoms with Crippen molar-refractivity contribution in [3.05, 3.63) is 0 Å². The second-order valence-electron chi connectivity index (χ2n) is 6.33. The Morgan fingerprint density at radius 2 is 2.11 bits per heavy atom. The first kappa shape index (κ1) is 14.8. The van der Waals surface area contributed by atoms with Crippen molar-refractivity contribution >= 4 is 5.97 Å². The molecule has 0 aromatic carbocycles. The van der Waals surface area contributed by atoms with Crippen LogP contribution in [0.5, 0.6) is 0 Å². The van der Waals surface area contributed by atoms with E-state index in [0.29, 0.717) is 12.0 Å². The molecule has 1 N–H and O–H groups in total. The van der Waals surface area contributed by atoms with E-state index in [9.17, 15) is 9.90 Å². The van der Waals surface area contributed by atoms with Crippen molar-refractivity contribution in [2.24, 2.45) is 11.8 Å². The lowest BCUT2D eigenvalue weighted by molar-refractivity contribution is -0.150. The molecule has 0 amide bonds. The summed E-state index contributed by atoms with van der Waals surface area (Å²) in [7, 11) is 0. The van der Waals surface area contributed by atoms with Crippen LogP contribution < -0.4 is 0 Å². The van der Waals surface area contributed by atoms with E-state index in [2.05, 4.69) is 25.7 Å². The fourth-order valence-corrected chi connectivity index (χ4v) is 3.63. The molecule has 1 saturated carbocycles. The monoisotopic (exact) mass is 269 g/mol. The van der Waals surface area contributed by atoms with Gasteiger partial charge in [-0.1, -0.05) is 13.8 Å². The van der Waals surface area contributed by atoms with Crippen LogP contribution in [0.4, 0.5) is 0 Å². The van der Waals surface area contributed by atoms with Gasteiger partial charge in [0.05, 0.1) is 18.6 Å². The first-order valence-corrected chi connectivity index (χ1v) is 7.63. The summed E-state index contributed by atoms with van der Waals surface area (Å²) in [6, 6.07) is 0.575. The number of morpholine rings is 1. The van der Waals surface area contributed by atoms with E-state index in [0.717, 1.165) is 38.8 Å². The Morgan fingerprint density at radius 1 is 1.37 bits per heavy atom. The second kappa shape index (κ2) is 6.23. The van der Waals surface area contributed by atoms with Crippen molar-refractivity contribution in [3.8, 4) is 0 Å². The molecule has 0 bridgehead atoms. The van der Waals surface area contributed by atoms with Crippen molar-refractivity contribution in [2.75, 3.05) is 13.2 Å². The highest BCUT2D eigenvalue weighted by molar-refractivity contribution is 5.71. The molecule has 5 atom stereocenters. The number of carboxylic acids is 1. The first-order valence-electron chi connectivity index (χ1n) is 7.63. The fourth-order valence-electron chi connectivity index (χ4n) is 3.63. The van der Waals surface area contributed by atoms with Gasteiger partial charge in [0.2, 0.25) is 0 Å². The zero-order valence-corrected chi connectivity index (χ0v) is 12.3. The molecule has 4 nitrogen and oxygen atoms in total. The topological polar surface area (TPSA) is 49.8 Å². The van der Waals surface area contributed by atoms with Gasteiger partial charge in [0, 0.05) is 18.6 Å². The molecule has 2 aliphatic rings. The molecule has 1 saturated heterocycles.